The molecule has 30 heavy (non-hydrogen) atoms. The molecule has 1 aromatic carbocycles. The van der Waals surface area contributed by atoms with Crippen LogP contribution in [-0.2, 0) is 6.54 Å². The highest BCUT2D eigenvalue weighted by atomic mass is 19.1. The fraction of sp³-hybridized carbons (Fsp3) is 0.200. The molecule has 0 bridgehead atoms. The Balaban J connectivity index is 1.53. The quantitative estimate of drug-likeness (QED) is 0.523. The summed E-state index contributed by atoms with van der Waals surface area (Å²) in [4.78, 5) is 8.24. The maximum atomic E-state index is 14.2. The van der Waals surface area contributed by atoms with Crippen LogP contribution in [-0.4, -0.2) is 44.1 Å². The number of rotatable bonds is 6. The SMILES string of the molecule is Fc1ccccc1Cn1nc(-c2ncc(F)c(OC3CNC3)n2)cc1-c1ccon1. The van der Waals surface area contributed by atoms with Crippen molar-refractivity contribution in [1.29, 1.82) is 0 Å². The zero-order chi connectivity index (χ0) is 20.5. The Morgan fingerprint density at radius 1 is 1.13 bits per heavy atom. The lowest BCUT2D eigenvalue weighted by molar-refractivity contribution is 0.129. The first-order valence-electron chi connectivity index (χ1n) is 9.29. The Bertz CT molecular complexity index is 1170. The summed E-state index contributed by atoms with van der Waals surface area (Å²) in [5.74, 6) is -0.925. The van der Waals surface area contributed by atoms with Gasteiger partial charge in [-0.1, -0.05) is 23.4 Å². The molecule has 5 rings (SSSR count). The van der Waals surface area contributed by atoms with Gasteiger partial charge in [-0.05, 0) is 12.1 Å². The third kappa shape index (κ3) is 3.52. The summed E-state index contributed by atoms with van der Waals surface area (Å²) in [6.45, 7) is 1.42. The van der Waals surface area contributed by atoms with Crippen LogP contribution in [0.5, 0.6) is 5.88 Å². The van der Waals surface area contributed by atoms with E-state index in [0.717, 1.165) is 6.20 Å². The summed E-state index contributed by atoms with van der Waals surface area (Å²) in [5.41, 5.74) is 1.93. The van der Waals surface area contributed by atoms with Crippen LogP contribution in [0.3, 0.4) is 0 Å². The lowest BCUT2D eigenvalue weighted by Crippen LogP contribution is -2.50. The summed E-state index contributed by atoms with van der Waals surface area (Å²) in [5, 5.41) is 11.5. The molecular weight excluding hydrogens is 394 g/mol. The Hall–Kier alpha value is -3.66. The molecule has 8 nitrogen and oxygen atoms in total. The van der Waals surface area contributed by atoms with Gasteiger partial charge in [-0.3, -0.25) is 4.68 Å². The normalized spacial score (nSPS) is 13.9. The molecule has 3 aromatic heterocycles. The maximum absolute atomic E-state index is 14.2. The average molecular weight is 410 g/mol. The monoisotopic (exact) mass is 410 g/mol. The Morgan fingerprint density at radius 3 is 2.73 bits per heavy atom. The van der Waals surface area contributed by atoms with E-state index in [4.69, 9.17) is 9.26 Å². The number of halogens is 2. The van der Waals surface area contributed by atoms with Gasteiger partial charge in [-0.2, -0.15) is 14.5 Å². The van der Waals surface area contributed by atoms with Gasteiger partial charge in [0.05, 0.1) is 18.4 Å². The fourth-order valence-corrected chi connectivity index (χ4v) is 3.05. The molecule has 0 atom stereocenters. The first-order valence-corrected chi connectivity index (χ1v) is 9.29. The lowest BCUT2D eigenvalue weighted by Gasteiger charge is -2.27. The van der Waals surface area contributed by atoms with E-state index in [2.05, 4.69) is 25.5 Å². The summed E-state index contributed by atoms with van der Waals surface area (Å²) >= 11 is 0. The fourth-order valence-electron chi connectivity index (χ4n) is 3.05. The van der Waals surface area contributed by atoms with Crippen LogP contribution in [0.2, 0.25) is 0 Å². The summed E-state index contributed by atoms with van der Waals surface area (Å²) in [6.07, 6.45) is 2.35. The number of ether oxygens (including phenoxy) is 1. The molecule has 0 unspecified atom stereocenters. The third-order valence-corrected chi connectivity index (χ3v) is 4.72. The zero-order valence-electron chi connectivity index (χ0n) is 15.6. The first kappa shape index (κ1) is 18.4. The highest BCUT2D eigenvalue weighted by Crippen LogP contribution is 2.26. The molecule has 1 aliphatic rings. The summed E-state index contributed by atoms with van der Waals surface area (Å²) in [6, 6.07) is 9.80. The minimum absolute atomic E-state index is 0.127. The molecule has 1 aliphatic heterocycles. The predicted molar refractivity (Wildman–Crippen MR) is 101 cm³/mol. The van der Waals surface area contributed by atoms with Crippen LogP contribution in [0.15, 0.2) is 53.4 Å². The smallest absolute Gasteiger partial charge is 0.254 e. The highest BCUT2D eigenvalue weighted by Gasteiger charge is 2.23. The Kier molecular flexibility index (Phi) is 4.68. The summed E-state index contributed by atoms with van der Waals surface area (Å²) in [7, 11) is 0. The molecule has 0 amide bonds. The van der Waals surface area contributed by atoms with Gasteiger partial charge in [-0.15, -0.1) is 0 Å². The Labute approximate surface area is 169 Å². The standard InChI is InChI=1S/C20H16F2N6O2/c21-14-4-2-1-3-12(14)11-28-18(16-5-6-29-27-16)7-17(26-28)19-24-10-15(22)20(25-19)30-13-8-23-9-13/h1-7,10,13,23H,8-9,11H2. The molecule has 1 saturated heterocycles. The van der Waals surface area contributed by atoms with Gasteiger partial charge < -0.3 is 14.6 Å². The van der Waals surface area contributed by atoms with Gasteiger partial charge in [0.15, 0.2) is 5.82 Å². The van der Waals surface area contributed by atoms with Crippen molar-refractivity contribution in [1.82, 2.24) is 30.2 Å². The van der Waals surface area contributed by atoms with E-state index in [1.54, 1.807) is 35.0 Å². The van der Waals surface area contributed by atoms with Gasteiger partial charge in [0.25, 0.3) is 5.88 Å². The molecule has 152 valence electrons. The van der Waals surface area contributed by atoms with E-state index < -0.39 is 5.82 Å². The van der Waals surface area contributed by atoms with Gasteiger partial charge >= 0.3 is 0 Å². The topological polar surface area (TPSA) is 90.9 Å². The van der Waals surface area contributed by atoms with Crippen molar-refractivity contribution in [3.8, 4) is 28.8 Å². The van der Waals surface area contributed by atoms with Crippen molar-refractivity contribution >= 4 is 0 Å². The molecule has 1 fully saturated rings. The number of benzene rings is 1. The third-order valence-electron chi connectivity index (χ3n) is 4.72. The molecule has 10 heteroatoms. The highest BCUT2D eigenvalue weighted by molar-refractivity contribution is 5.62. The number of aromatic nitrogens is 5. The second kappa shape index (κ2) is 7.64. The van der Waals surface area contributed by atoms with Crippen molar-refractivity contribution in [2.75, 3.05) is 13.1 Å². The second-order valence-corrected chi connectivity index (χ2v) is 6.79. The molecule has 0 spiro atoms. The predicted octanol–water partition coefficient (Wildman–Crippen LogP) is 2.67. The van der Waals surface area contributed by atoms with E-state index in [9.17, 15) is 8.78 Å². The molecule has 4 heterocycles. The number of nitrogens with zero attached hydrogens (tertiary/aromatic N) is 5. The molecule has 0 aliphatic carbocycles. The number of hydrogen-bond acceptors (Lipinski definition) is 7. The minimum atomic E-state index is -0.645. The lowest BCUT2D eigenvalue weighted by atomic mass is 10.2. The summed E-state index contributed by atoms with van der Waals surface area (Å²) < 4.78 is 40.3. The van der Waals surface area contributed by atoms with Crippen LogP contribution < -0.4 is 10.1 Å². The average Bonchev–Trinajstić information content (AvgIpc) is 3.37. The number of nitrogens with one attached hydrogen (secondary N) is 1. The van der Waals surface area contributed by atoms with E-state index in [1.807, 2.05) is 0 Å². The first-order chi connectivity index (χ1) is 14.7. The van der Waals surface area contributed by atoms with Gasteiger partial charge in [-0.25, -0.2) is 9.37 Å². The van der Waals surface area contributed by atoms with Crippen molar-refractivity contribution in [2.45, 2.75) is 12.6 Å². The Morgan fingerprint density at radius 2 is 2.00 bits per heavy atom. The molecular formula is C20H16F2N6O2. The van der Waals surface area contributed by atoms with Crippen molar-refractivity contribution in [3.63, 3.8) is 0 Å². The van der Waals surface area contributed by atoms with Crippen molar-refractivity contribution < 1.29 is 18.0 Å². The largest absolute Gasteiger partial charge is 0.469 e. The van der Waals surface area contributed by atoms with Crippen LogP contribution in [0.25, 0.3) is 22.9 Å². The van der Waals surface area contributed by atoms with Crippen molar-refractivity contribution in [3.05, 3.63) is 66.1 Å². The minimum Gasteiger partial charge on any atom is -0.469 e. The second-order valence-electron chi connectivity index (χ2n) is 6.79. The van der Waals surface area contributed by atoms with E-state index in [1.165, 1.54) is 12.3 Å². The van der Waals surface area contributed by atoms with Crippen LogP contribution in [0, 0.1) is 11.6 Å². The molecule has 0 saturated carbocycles. The van der Waals surface area contributed by atoms with E-state index in [0.29, 0.717) is 35.7 Å². The van der Waals surface area contributed by atoms with Crippen molar-refractivity contribution in [2.24, 2.45) is 0 Å². The molecule has 1 N–H and O–H groups in total. The molecule has 4 aromatic rings. The van der Waals surface area contributed by atoms with E-state index in [-0.39, 0.29) is 30.2 Å². The van der Waals surface area contributed by atoms with Gasteiger partial charge in [0, 0.05) is 24.7 Å². The van der Waals surface area contributed by atoms with Gasteiger partial charge in [0.2, 0.25) is 5.82 Å². The molecule has 0 radical (unpaired) electrons. The number of hydrogen-bond donors (Lipinski definition) is 1. The zero-order valence-corrected chi connectivity index (χ0v) is 15.6. The van der Waals surface area contributed by atoms with E-state index >= 15 is 0 Å². The van der Waals surface area contributed by atoms with Crippen LogP contribution in [0.1, 0.15) is 5.56 Å². The maximum Gasteiger partial charge on any atom is 0.254 e. The van der Waals surface area contributed by atoms with Gasteiger partial charge in [0.1, 0.15) is 29.6 Å². The van der Waals surface area contributed by atoms with Crippen LogP contribution in [0.4, 0.5) is 8.78 Å². The van der Waals surface area contributed by atoms with Crippen LogP contribution >= 0.6 is 0 Å².